The smallest absolute Gasteiger partial charge is 0.269 e. The largest absolute Gasteiger partial charge is 0.497 e. The van der Waals surface area contributed by atoms with Gasteiger partial charge in [-0.3, -0.25) is 10.1 Å². The number of ether oxygens (including phenoxy) is 1. The van der Waals surface area contributed by atoms with Crippen LogP contribution < -0.4 is 15.0 Å². The van der Waals surface area contributed by atoms with Crippen molar-refractivity contribution in [1.29, 1.82) is 0 Å². The summed E-state index contributed by atoms with van der Waals surface area (Å²) in [6.07, 6.45) is 10.3. The summed E-state index contributed by atoms with van der Waals surface area (Å²) in [6.45, 7) is 2.01. The van der Waals surface area contributed by atoms with E-state index in [2.05, 4.69) is 15.2 Å². The predicted octanol–water partition coefficient (Wildman–Crippen LogP) is 6.34. The van der Waals surface area contributed by atoms with Crippen molar-refractivity contribution in [3.8, 4) is 17.0 Å². The molecule has 3 aromatic rings. The van der Waals surface area contributed by atoms with Gasteiger partial charge in [-0.2, -0.15) is 0 Å². The zero-order chi connectivity index (χ0) is 25.6. The van der Waals surface area contributed by atoms with Crippen LogP contribution in [0.1, 0.15) is 44.9 Å². The Bertz CT molecular complexity index is 1180. The first-order valence-corrected chi connectivity index (χ1v) is 13.3. The molecule has 1 aromatic heterocycles. The average molecular weight is 502 g/mol. The fourth-order valence-corrected chi connectivity index (χ4v) is 5.90. The highest BCUT2D eigenvalue weighted by Crippen LogP contribution is 2.35. The molecule has 0 spiro atoms. The third-order valence-electron chi connectivity index (χ3n) is 7.85. The number of benzene rings is 2. The maximum absolute atomic E-state index is 11.0. The first-order valence-electron chi connectivity index (χ1n) is 13.3. The van der Waals surface area contributed by atoms with Crippen LogP contribution in [0.2, 0.25) is 0 Å². The van der Waals surface area contributed by atoms with Crippen molar-refractivity contribution < 1.29 is 9.66 Å². The van der Waals surface area contributed by atoms with Crippen LogP contribution in [0.25, 0.3) is 11.3 Å². The number of nitro benzene ring substituents is 1. The Morgan fingerprint density at radius 3 is 2.57 bits per heavy atom. The molecular formula is C29H35N5O3. The zero-order valence-corrected chi connectivity index (χ0v) is 21.4. The van der Waals surface area contributed by atoms with E-state index in [1.54, 1.807) is 19.2 Å². The second-order valence-corrected chi connectivity index (χ2v) is 10.3. The summed E-state index contributed by atoms with van der Waals surface area (Å²) in [7, 11) is 1.67. The highest BCUT2D eigenvalue weighted by Gasteiger charge is 2.30. The van der Waals surface area contributed by atoms with Crippen molar-refractivity contribution in [2.75, 3.05) is 30.4 Å². The quantitative estimate of drug-likeness (QED) is 0.284. The van der Waals surface area contributed by atoms with Crippen molar-refractivity contribution in [3.63, 3.8) is 0 Å². The fourth-order valence-electron chi connectivity index (χ4n) is 5.90. The van der Waals surface area contributed by atoms with Gasteiger partial charge in [0.1, 0.15) is 5.75 Å². The minimum atomic E-state index is -0.338. The molecule has 5 rings (SSSR count). The van der Waals surface area contributed by atoms with Gasteiger partial charge in [0.2, 0.25) is 5.95 Å². The van der Waals surface area contributed by atoms with Crippen molar-refractivity contribution in [2.45, 2.75) is 51.0 Å². The molecule has 1 aliphatic heterocycles. The van der Waals surface area contributed by atoms with Gasteiger partial charge in [0.25, 0.3) is 5.69 Å². The molecule has 0 amide bonds. The van der Waals surface area contributed by atoms with E-state index in [1.165, 1.54) is 32.1 Å². The molecule has 1 saturated carbocycles. The normalized spacial score (nSPS) is 21.9. The Hall–Kier alpha value is -3.68. The average Bonchev–Trinajstić information content (AvgIpc) is 2.94. The SMILES string of the molecule is COc1ccc(-c2ccnc(N[C@@H]3CCCC[C@H]3C[C@H]3CCCN(c4ccc([N+](=O)[O-])cc4)C3)n2)cc1. The number of rotatable bonds is 8. The van der Waals surface area contributed by atoms with E-state index in [-0.39, 0.29) is 10.6 Å². The molecule has 8 nitrogen and oxygen atoms in total. The first kappa shape index (κ1) is 25.0. The lowest BCUT2D eigenvalue weighted by Gasteiger charge is -2.39. The molecule has 0 radical (unpaired) electrons. The third kappa shape index (κ3) is 6.18. The number of nitro groups is 1. The topological polar surface area (TPSA) is 93.4 Å². The van der Waals surface area contributed by atoms with E-state index in [9.17, 15) is 10.1 Å². The van der Waals surface area contributed by atoms with Crippen LogP contribution in [0.15, 0.2) is 60.8 Å². The van der Waals surface area contributed by atoms with E-state index >= 15 is 0 Å². The van der Waals surface area contributed by atoms with E-state index in [0.29, 0.717) is 23.8 Å². The molecule has 1 N–H and O–H groups in total. The molecule has 37 heavy (non-hydrogen) atoms. The third-order valence-corrected chi connectivity index (χ3v) is 7.85. The van der Waals surface area contributed by atoms with Gasteiger partial charge in [0.15, 0.2) is 0 Å². The van der Waals surface area contributed by atoms with E-state index < -0.39 is 0 Å². The van der Waals surface area contributed by atoms with E-state index in [4.69, 9.17) is 9.72 Å². The van der Waals surface area contributed by atoms with Crippen molar-refractivity contribution in [1.82, 2.24) is 9.97 Å². The lowest BCUT2D eigenvalue weighted by atomic mass is 9.77. The molecule has 2 aromatic carbocycles. The van der Waals surface area contributed by atoms with Gasteiger partial charge < -0.3 is 15.0 Å². The molecule has 194 valence electrons. The number of non-ortho nitro benzene ring substituents is 1. The number of hydrogen-bond donors (Lipinski definition) is 1. The summed E-state index contributed by atoms with van der Waals surface area (Å²) in [6, 6.07) is 17.3. The maximum atomic E-state index is 11.0. The fraction of sp³-hybridized carbons (Fsp3) is 0.448. The second-order valence-electron chi connectivity index (χ2n) is 10.3. The number of nitrogens with one attached hydrogen (secondary N) is 1. The summed E-state index contributed by atoms with van der Waals surface area (Å²) in [4.78, 5) is 22.4. The Labute approximate surface area is 218 Å². The highest BCUT2D eigenvalue weighted by atomic mass is 16.6. The maximum Gasteiger partial charge on any atom is 0.269 e. The second kappa shape index (κ2) is 11.6. The van der Waals surface area contributed by atoms with Crippen LogP contribution in [-0.2, 0) is 0 Å². The zero-order valence-electron chi connectivity index (χ0n) is 21.4. The van der Waals surface area contributed by atoms with E-state index in [1.807, 2.05) is 48.7 Å². The summed E-state index contributed by atoms with van der Waals surface area (Å²) in [5, 5.41) is 14.7. The van der Waals surface area contributed by atoms with Crippen LogP contribution >= 0.6 is 0 Å². The number of hydrogen-bond acceptors (Lipinski definition) is 7. The first-order chi connectivity index (χ1) is 18.1. The Morgan fingerprint density at radius 2 is 1.81 bits per heavy atom. The van der Waals surface area contributed by atoms with Gasteiger partial charge in [-0.05, 0) is 86.4 Å². The molecule has 0 bridgehead atoms. The summed E-state index contributed by atoms with van der Waals surface area (Å²) >= 11 is 0. The molecule has 2 aliphatic rings. The summed E-state index contributed by atoms with van der Waals surface area (Å²) in [5.74, 6) is 2.73. The van der Waals surface area contributed by atoms with Gasteiger partial charge in [-0.15, -0.1) is 0 Å². The predicted molar refractivity (Wildman–Crippen MR) is 146 cm³/mol. The minimum absolute atomic E-state index is 0.145. The summed E-state index contributed by atoms with van der Waals surface area (Å²) < 4.78 is 5.28. The monoisotopic (exact) mass is 501 g/mol. The van der Waals surface area contributed by atoms with E-state index in [0.717, 1.165) is 48.6 Å². The number of nitrogens with zero attached hydrogens (tertiary/aromatic N) is 4. The minimum Gasteiger partial charge on any atom is -0.497 e. The summed E-state index contributed by atoms with van der Waals surface area (Å²) in [5.41, 5.74) is 3.17. The number of anilines is 2. The van der Waals surface area contributed by atoms with Crippen LogP contribution in [-0.4, -0.2) is 41.1 Å². The molecular weight excluding hydrogens is 466 g/mol. The van der Waals surface area contributed by atoms with Crippen molar-refractivity contribution >= 4 is 17.3 Å². The van der Waals surface area contributed by atoms with Crippen molar-refractivity contribution in [2.24, 2.45) is 11.8 Å². The Balaban J connectivity index is 1.23. The Kier molecular flexibility index (Phi) is 7.82. The molecule has 1 aliphatic carbocycles. The van der Waals surface area contributed by atoms with Crippen LogP contribution in [0.4, 0.5) is 17.3 Å². The van der Waals surface area contributed by atoms with Crippen LogP contribution in [0.5, 0.6) is 5.75 Å². The van der Waals surface area contributed by atoms with Crippen molar-refractivity contribution in [3.05, 3.63) is 70.9 Å². The molecule has 0 unspecified atom stereocenters. The number of methoxy groups -OCH3 is 1. The van der Waals surface area contributed by atoms with Gasteiger partial charge in [-0.1, -0.05) is 12.8 Å². The van der Waals surface area contributed by atoms with Gasteiger partial charge in [-0.25, -0.2) is 9.97 Å². The van der Waals surface area contributed by atoms with Gasteiger partial charge in [0, 0.05) is 48.7 Å². The number of piperidine rings is 1. The standard InChI is InChI=1S/C29H35N5O3/c1-37-26-14-8-22(9-15-26)28-16-17-30-29(32-28)31-27-7-3-2-6-23(27)19-21-5-4-18-33(20-21)24-10-12-25(13-11-24)34(35)36/h8-17,21,23,27H,2-7,18-20H2,1H3,(H,30,31,32)/t21-,23+,27-/m1/s1. The molecule has 1 saturated heterocycles. The van der Waals surface area contributed by atoms with Crippen LogP contribution in [0.3, 0.4) is 0 Å². The lowest BCUT2D eigenvalue weighted by Crippen LogP contribution is -2.39. The molecule has 8 heteroatoms. The molecule has 2 fully saturated rings. The van der Waals surface area contributed by atoms with Gasteiger partial charge in [0.05, 0.1) is 17.7 Å². The highest BCUT2D eigenvalue weighted by molar-refractivity contribution is 5.61. The van der Waals surface area contributed by atoms with Gasteiger partial charge >= 0.3 is 0 Å². The Morgan fingerprint density at radius 1 is 1.03 bits per heavy atom. The number of aromatic nitrogens is 2. The molecule has 2 heterocycles. The molecule has 3 atom stereocenters. The lowest BCUT2D eigenvalue weighted by molar-refractivity contribution is -0.384. The van der Waals surface area contributed by atoms with Crippen LogP contribution in [0, 0.1) is 22.0 Å².